The third kappa shape index (κ3) is 4.42. The van der Waals surface area contributed by atoms with Crippen molar-refractivity contribution in [3.05, 3.63) is 17.5 Å². The number of rotatable bonds is 9. The van der Waals surface area contributed by atoms with Crippen LogP contribution in [0.2, 0.25) is 0 Å². The standard InChI is InChI=1S/C14H27N3O/c1-5-8-15-13(11-18-9-6-2)14-10-12(7-3)16-17(14)4/h10,13,15H,5-9,11H2,1-4H3. The van der Waals surface area contributed by atoms with Gasteiger partial charge in [0.25, 0.3) is 0 Å². The molecule has 1 aromatic rings. The van der Waals surface area contributed by atoms with Crippen molar-refractivity contribution >= 4 is 0 Å². The minimum Gasteiger partial charge on any atom is -0.379 e. The molecule has 0 aliphatic rings. The van der Waals surface area contributed by atoms with E-state index in [0.29, 0.717) is 0 Å². The Hall–Kier alpha value is -0.870. The maximum Gasteiger partial charge on any atom is 0.0729 e. The average molecular weight is 253 g/mol. The second-order valence-electron chi connectivity index (χ2n) is 4.62. The van der Waals surface area contributed by atoms with E-state index in [0.717, 1.165) is 44.7 Å². The van der Waals surface area contributed by atoms with Gasteiger partial charge in [-0.15, -0.1) is 0 Å². The number of aromatic nitrogens is 2. The van der Waals surface area contributed by atoms with Crippen LogP contribution in [0.15, 0.2) is 6.07 Å². The van der Waals surface area contributed by atoms with Gasteiger partial charge < -0.3 is 10.1 Å². The van der Waals surface area contributed by atoms with Crippen molar-refractivity contribution in [2.24, 2.45) is 7.05 Å². The fraction of sp³-hybridized carbons (Fsp3) is 0.786. The first-order chi connectivity index (χ1) is 8.72. The number of nitrogens with zero attached hydrogens (tertiary/aromatic N) is 2. The van der Waals surface area contributed by atoms with Gasteiger partial charge in [-0.25, -0.2) is 0 Å². The van der Waals surface area contributed by atoms with Crippen LogP contribution in [-0.4, -0.2) is 29.5 Å². The maximum atomic E-state index is 5.69. The highest BCUT2D eigenvalue weighted by Crippen LogP contribution is 2.15. The molecule has 0 aliphatic heterocycles. The highest BCUT2D eigenvalue weighted by Gasteiger charge is 2.16. The molecule has 0 spiro atoms. The predicted octanol–water partition coefficient (Wildman–Crippen LogP) is 2.45. The Morgan fingerprint density at radius 1 is 1.33 bits per heavy atom. The van der Waals surface area contributed by atoms with Crippen LogP contribution in [-0.2, 0) is 18.2 Å². The number of ether oxygens (including phenoxy) is 1. The van der Waals surface area contributed by atoms with E-state index in [1.165, 1.54) is 5.69 Å². The van der Waals surface area contributed by atoms with Crippen molar-refractivity contribution in [3.8, 4) is 0 Å². The summed E-state index contributed by atoms with van der Waals surface area (Å²) < 4.78 is 7.66. The number of nitrogens with one attached hydrogen (secondary N) is 1. The monoisotopic (exact) mass is 253 g/mol. The SMILES string of the molecule is CCCNC(COCCC)c1cc(CC)nn1C. The number of hydrogen-bond acceptors (Lipinski definition) is 3. The molecule has 1 N–H and O–H groups in total. The molecular formula is C14H27N3O. The maximum absolute atomic E-state index is 5.69. The van der Waals surface area contributed by atoms with E-state index in [9.17, 15) is 0 Å². The van der Waals surface area contributed by atoms with Gasteiger partial charge in [0, 0.05) is 13.7 Å². The second-order valence-corrected chi connectivity index (χ2v) is 4.62. The third-order valence-electron chi connectivity index (χ3n) is 2.96. The molecule has 4 heteroatoms. The molecule has 0 amide bonds. The van der Waals surface area contributed by atoms with Crippen LogP contribution in [0.4, 0.5) is 0 Å². The zero-order valence-corrected chi connectivity index (χ0v) is 12.2. The van der Waals surface area contributed by atoms with Crippen LogP contribution in [0.1, 0.15) is 51.0 Å². The molecule has 0 fully saturated rings. The molecule has 1 atom stereocenters. The van der Waals surface area contributed by atoms with E-state index < -0.39 is 0 Å². The second kappa shape index (κ2) is 8.27. The Kier molecular flexibility index (Phi) is 6.98. The van der Waals surface area contributed by atoms with E-state index in [4.69, 9.17) is 4.74 Å². The smallest absolute Gasteiger partial charge is 0.0729 e. The highest BCUT2D eigenvalue weighted by atomic mass is 16.5. The Labute approximate surface area is 111 Å². The lowest BCUT2D eigenvalue weighted by Gasteiger charge is -2.18. The van der Waals surface area contributed by atoms with E-state index in [1.54, 1.807) is 0 Å². The molecule has 0 aromatic carbocycles. The van der Waals surface area contributed by atoms with Crippen LogP contribution in [0, 0.1) is 0 Å². The summed E-state index contributed by atoms with van der Waals surface area (Å²) in [4.78, 5) is 0. The van der Waals surface area contributed by atoms with Gasteiger partial charge in [-0.2, -0.15) is 5.10 Å². The van der Waals surface area contributed by atoms with E-state index in [-0.39, 0.29) is 6.04 Å². The summed E-state index contributed by atoms with van der Waals surface area (Å²) in [5, 5.41) is 8.04. The Balaban J connectivity index is 2.69. The summed E-state index contributed by atoms with van der Waals surface area (Å²) in [6, 6.07) is 2.43. The van der Waals surface area contributed by atoms with Crippen LogP contribution in [0.5, 0.6) is 0 Å². The molecule has 0 saturated carbocycles. The first kappa shape index (κ1) is 15.2. The van der Waals surface area contributed by atoms with Crippen molar-refractivity contribution in [1.82, 2.24) is 15.1 Å². The average Bonchev–Trinajstić information content (AvgIpc) is 2.75. The number of hydrogen-bond donors (Lipinski definition) is 1. The van der Waals surface area contributed by atoms with Gasteiger partial charge in [-0.05, 0) is 31.9 Å². The van der Waals surface area contributed by atoms with Crippen LogP contribution >= 0.6 is 0 Å². The zero-order chi connectivity index (χ0) is 13.4. The molecule has 104 valence electrons. The third-order valence-corrected chi connectivity index (χ3v) is 2.96. The quantitative estimate of drug-likeness (QED) is 0.687. The summed E-state index contributed by atoms with van der Waals surface area (Å²) in [6.45, 7) is 8.99. The minimum atomic E-state index is 0.245. The fourth-order valence-corrected chi connectivity index (χ4v) is 1.96. The first-order valence-electron chi connectivity index (χ1n) is 7.06. The van der Waals surface area contributed by atoms with Crippen LogP contribution < -0.4 is 5.32 Å². The first-order valence-corrected chi connectivity index (χ1v) is 7.06. The van der Waals surface area contributed by atoms with Crippen molar-refractivity contribution in [2.45, 2.75) is 46.1 Å². The molecule has 1 aromatic heterocycles. The van der Waals surface area contributed by atoms with Gasteiger partial charge in [0.05, 0.1) is 24.0 Å². The lowest BCUT2D eigenvalue weighted by molar-refractivity contribution is 0.110. The zero-order valence-electron chi connectivity index (χ0n) is 12.2. The van der Waals surface area contributed by atoms with Gasteiger partial charge in [0.15, 0.2) is 0 Å². The summed E-state index contributed by atoms with van der Waals surface area (Å²) in [7, 11) is 2.01. The summed E-state index contributed by atoms with van der Waals surface area (Å²) in [5.41, 5.74) is 2.36. The molecule has 4 nitrogen and oxygen atoms in total. The van der Waals surface area contributed by atoms with Crippen molar-refractivity contribution in [2.75, 3.05) is 19.8 Å². The summed E-state index contributed by atoms with van der Waals surface area (Å²) >= 11 is 0. The number of aryl methyl sites for hydroxylation is 2. The Bertz CT molecular complexity index is 336. The van der Waals surface area contributed by atoms with Crippen molar-refractivity contribution < 1.29 is 4.74 Å². The summed E-state index contributed by atoms with van der Waals surface area (Å²) in [5.74, 6) is 0. The Morgan fingerprint density at radius 2 is 2.11 bits per heavy atom. The molecule has 1 heterocycles. The lowest BCUT2D eigenvalue weighted by atomic mass is 10.2. The molecule has 18 heavy (non-hydrogen) atoms. The fourth-order valence-electron chi connectivity index (χ4n) is 1.96. The predicted molar refractivity (Wildman–Crippen MR) is 74.7 cm³/mol. The highest BCUT2D eigenvalue weighted by molar-refractivity contribution is 5.14. The topological polar surface area (TPSA) is 39.1 Å². The molecule has 0 saturated heterocycles. The molecular weight excluding hydrogens is 226 g/mol. The summed E-state index contributed by atoms with van der Waals surface area (Å²) in [6.07, 6.45) is 3.17. The van der Waals surface area contributed by atoms with Gasteiger partial charge >= 0.3 is 0 Å². The van der Waals surface area contributed by atoms with Crippen molar-refractivity contribution in [3.63, 3.8) is 0 Å². The Morgan fingerprint density at radius 3 is 2.67 bits per heavy atom. The van der Waals surface area contributed by atoms with Crippen molar-refractivity contribution in [1.29, 1.82) is 0 Å². The van der Waals surface area contributed by atoms with E-state index in [1.807, 2.05) is 11.7 Å². The van der Waals surface area contributed by atoms with Gasteiger partial charge in [-0.1, -0.05) is 20.8 Å². The van der Waals surface area contributed by atoms with Crippen LogP contribution in [0.25, 0.3) is 0 Å². The largest absolute Gasteiger partial charge is 0.379 e. The molecule has 0 aliphatic carbocycles. The lowest BCUT2D eigenvalue weighted by Crippen LogP contribution is -2.28. The van der Waals surface area contributed by atoms with E-state index >= 15 is 0 Å². The van der Waals surface area contributed by atoms with E-state index in [2.05, 4.69) is 37.3 Å². The normalized spacial score (nSPS) is 12.9. The molecule has 0 bridgehead atoms. The van der Waals surface area contributed by atoms with Gasteiger partial charge in [0.1, 0.15) is 0 Å². The molecule has 0 radical (unpaired) electrons. The van der Waals surface area contributed by atoms with Gasteiger partial charge in [0.2, 0.25) is 0 Å². The molecule has 1 rings (SSSR count). The van der Waals surface area contributed by atoms with Gasteiger partial charge in [-0.3, -0.25) is 4.68 Å². The molecule has 1 unspecified atom stereocenters. The van der Waals surface area contributed by atoms with Crippen LogP contribution in [0.3, 0.4) is 0 Å². The minimum absolute atomic E-state index is 0.245.